The number of hydrogen-bond acceptors (Lipinski definition) is 2. The number of allylic oxidation sites excluding steroid dienone is 1. The molecule has 0 fully saturated rings. The van der Waals surface area contributed by atoms with Crippen LogP contribution >= 0.6 is 11.8 Å². The average Bonchev–Trinajstić information content (AvgIpc) is 1.97. The van der Waals surface area contributed by atoms with Crippen molar-refractivity contribution in [2.75, 3.05) is 5.75 Å². The summed E-state index contributed by atoms with van der Waals surface area (Å²) in [6, 6.07) is 0. The zero-order valence-electron chi connectivity index (χ0n) is 7.63. The Balaban J connectivity index is 3.69. The third-order valence-electron chi connectivity index (χ3n) is 1.19. The van der Waals surface area contributed by atoms with E-state index in [-0.39, 0.29) is 0 Å². The van der Waals surface area contributed by atoms with Crippen molar-refractivity contribution < 1.29 is 0 Å². The first-order valence-electron chi connectivity index (χ1n) is 3.98. The average molecular weight is 171 g/mol. The van der Waals surface area contributed by atoms with Gasteiger partial charge < -0.3 is 0 Å². The van der Waals surface area contributed by atoms with Crippen LogP contribution in [0.4, 0.5) is 0 Å². The van der Waals surface area contributed by atoms with Crippen LogP contribution in [0.2, 0.25) is 0 Å². The van der Waals surface area contributed by atoms with Crippen LogP contribution in [0.25, 0.3) is 0 Å². The Morgan fingerprint density at radius 1 is 1.64 bits per heavy atom. The van der Waals surface area contributed by atoms with E-state index in [0.29, 0.717) is 0 Å². The molecule has 0 aliphatic rings. The standard InChI is InChI=1S/C9H17NS/c1-5-9(6-10-4)11-7-8(2)3/h6,8H,4-5,7H2,1-3H3/b9-6-. The zero-order chi connectivity index (χ0) is 8.69. The largest absolute Gasteiger partial charge is 0.272 e. The SMILES string of the molecule is C=N/C=C(/CC)SCC(C)C. The van der Waals surface area contributed by atoms with E-state index >= 15 is 0 Å². The quantitative estimate of drug-likeness (QED) is 0.578. The van der Waals surface area contributed by atoms with Gasteiger partial charge in [-0.15, -0.1) is 11.8 Å². The molecule has 11 heavy (non-hydrogen) atoms. The molecule has 0 N–H and O–H groups in total. The van der Waals surface area contributed by atoms with Crippen molar-refractivity contribution in [1.82, 2.24) is 0 Å². The molecule has 1 nitrogen and oxygen atoms in total. The number of aliphatic imine (C=N–C) groups is 1. The van der Waals surface area contributed by atoms with Crippen LogP contribution < -0.4 is 0 Å². The summed E-state index contributed by atoms with van der Waals surface area (Å²) in [5, 5.41) is 0. The molecule has 0 bridgehead atoms. The Bertz CT molecular complexity index is 138. The van der Waals surface area contributed by atoms with Gasteiger partial charge in [-0.25, -0.2) is 0 Å². The van der Waals surface area contributed by atoms with Gasteiger partial charge in [-0.2, -0.15) is 0 Å². The van der Waals surface area contributed by atoms with E-state index in [2.05, 4.69) is 32.5 Å². The van der Waals surface area contributed by atoms with Gasteiger partial charge in [0, 0.05) is 16.9 Å². The summed E-state index contributed by atoms with van der Waals surface area (Å²) in [6.45, 7) is 10.0. The maximum atomic E-state index is 3.75. The topological polar surface area (TPSA) is 12.4 Å². The third kappa shape index (κ3) is 6.17. The van der Waals surface area contributed by atoms with Crippen LogP contribution in [0.15, 0.2) is 16.1 Å². The molecule has 64 valence electrons. The smallest absolute Gasteiger partial charge is 0.0355 e. The molecule has 0 saturated heterocycles. The highest BCUT2D eigenvalue weighted by molar-refractivity contribution is 8.03. The predicted octanol–water partition coefficient (Wildman–Crippen LogP) is 3.33. The lowest BCUT2D eigenvalue weighted by Gasteiger charge is -2.04. The summed E-state index contributed by atoms with van der Waals surface area (Å²) in [7, 11) is 0. The van der Waals surface area contributed by atoms with Gasteiger partial charge in [0.15, 0.2) is 0 Å². The van der Waals surface area contributed by atoms with E-state index in [4.69, 9.17) is 0 Å². The third-order valence-corrected chi connectivity index (χ3v) is 2.78. The van der Waals surface area contributed by atoms with Crippen LogP contribution in [0, 0.1) is 5.92 Å². The molecule has 2 heteroatoms. The van der Waals surface area contributed by atoms with E-state index in [1.165, 1.54) is 10.7 Å². The zero-order valence-corrected chi connectivity index (χ0v) is 8.45. The Kier molecular flexibility index (Phi) is 6.33. The van der Waals surface area contributed by atoms with E-state index in [1.807, 2.05) is 18.0 Å². The van der Waals surface area contributed by atoms with Crippen molar-refractivity contribution in [3.05, 3.63) is 11.1 Å². The fourth-order valence-electron chi connectivity index (χ4n) is 0.606. The molecule has 0 atom stereocenters. The molecule has 0 saturated carbocycles. The molecule has 0 aromatic rings. The minimum atomic E-state index is 0.750. The van der Waals surface area contributed by atoms with Crippen LogP contribution in [0.3, 0.4) is 0 Å². The van der Waals surface area contributed by atoms with Gasteiger partial charge in [-0.1, -0.05) is 20.8 Å². The second kappa shape index (κ2) is 6.47. The fraction of sp³-hybridized carbons (Fsp3) is 0.667. The van der Waals surface area contributed by atoms with E-state index < -0.39 is 0 Å². The van der Waals surface area contributed by atoms with Crippen molar-refractivity contribution in [3.8, 4) is 0 Å². The van der Waals surface area contributed by atoms with Gasteiger partial charge in [-0.3, -0.25) is 4.99 Å². The molecule has 0 spiro atoms. The van der Waals surface area contributed by atoms with Gasteiger partial charge >= 0.3 is 0 Å². The minimum Gasteiger partial charge on any atom is -0.272 e. The van der Waals surface area contributed by atoms with Crippen LogP contribution in [0.5, 0.6) is 0 Å². The number of thioether (sulfide) groups is 1. The van der Waals surface area contributed by atoms with Crippen molar-refractivity contribution in [2.45, 2.75) is 27.2 Å². The highest BCUT2D eigenvalue weighted by Gasteiger charge is 1.97. The normalized spacial score (nSPS) is 12.2. The highest BCUT2D eigenvalue weighted by atomic mass is 32.2. The molecule has 0 aliphatic heterocycles. The molecular weight excluding hydrogens is 154 g/mol. The molecule has 0 heterocycles. The highest BCUT2D eigenvalue weighted by Crippen LogP contribution is 2.21. The van der Waals surface area contributed by atoms with Crippen LogP contribution in [-0.2, 0) is 0 Å². The summed E-state index contributed by atoms with van der Waals surface area (Å²) in [6.07, 6.45) is 2.92. The molecule has 0 amide bonds. The molecule has 0 aromatic carbocycles. The van der Waals surface area contributed by atoms with Gasteiger partial charge in [0.25, 0.3) is 0 Å². The van der Waals surface area contributed by atoms with E-state index in [0.717, 1.165) is 12.3 Å². The van der Waals surface area contributed by atoms with Gasteiger partial charge in [0.2, 0.25) is 0 Å². The predicted molar refractivity (Wildman–Crippen MR) is 55.2 cm³/mol. The Morgan fingerprint density at radius 2 is 2.27 bits per heavy atom. The molecule has 0 aliphatic carbocycles. The lowest BCUT2D eigenvalue weighted by atomic mass is 10.3. The van der Waals surface area contributed by atoms with E-state index in [9.17, 15) is 0 Å². The maximum Gasteiger partial charge on any atom is 0.0355 e. The molecular formula is C9H17NS. The monoisotopic (exact) mass is 171 g/mol. The Labute approximate surface area is 74.0 Å². The van der Waals surface area contributed by atoms with Gasteiger partial charge in [-0.05, 0) is 19.1 Å². The first kappa shape index (κ1) is 10.8. The fourth-order valence-corrected chi connectivity index (χ4v) is 1.51. The minimum absolute atomic E-state index is 0.750. The van der Waals surface area contributed by atoms with Crippen molar-refractivity contribution >= 4 is 18.5 Å². The van der Waals surface area contributed by atoms with Gasteiger partial charge in [0.1, 0.15) is 0 Å². The molecule has 0 aromatic heterocycles. The Morgan fingerprint density at radius 3 is 2.64 bits per heavy atom. The lowest BCUT2D eigenvalue weighted by Crippen LogP contribution is -1.90. The maximum absolute atomic E-state index is 3.75. The summed E-state index contributed by atoms with van der Waals surface area (Å²) in [4.78, 5) is 5.08. The second-order valence-corrected chi connectivity index (χ2v) is 3.98. The van der Waals surface area contributed by atoms with Crippen LogP contribution in [0.1, 0.15) is 27.2 Å². The number of rotatable bonds is 5. The lowest BCUT2D eigenvalue weighted by molar-refractivity contribution is 0.751. The number of nitrogens with zero attached hydrogens (tertiary/aromatic N) is 1. The first-order chi connectivity index (χ1) is 5.20. The van der Waals surface area contributed by atoms with Crippen molar-refractivity contribution in [3.63, 3.8) is 0 Å². The summed E-state index contributed by atoms with van der Waals surface area (Å²) >= 11 is 1.88. The summed E-state index contributed by atoms with van der Waals surface area (Å²) < 4.78 is 0. The van der Waals surface area contributed by atoms with E-state index in [1.54, 1.807) is 0 Å². The second-order valence-electron chi connectivity index (χ2n) is 2.84. The molecule has 0 radical (unpaired) electrons. The number of hydrogen-bond donors (Lipinski definition) is 0. The molecule has 0 rings (SSSR count). The van der Waals surface area contributed by atoms with Crippen molar-refractivity contribution in [1.29, 1.82) is 0 Å². The van der Waals surface area contributed by atoms with Crippen molar-refractivity contribution in [2.24, 2.45) is 10.9 Å². The molecule has 0 unspecified atom stereocenters. The van der Waals surface area contributed by atoms with Gasteiger partial charge in [0.05, 0.1) is 0 Å². The summed E-state index contributed by atoms with van der Waals surface area (Å²) in [5.41, 5.74) is 0. The van der Waals surface area contributed by atoms with Crippen LogP contribution in [-0.4, -0.2) is 12.5 Å². The first-order valence-corrected chi connectivity index (χ1v) is 4.97. The Hall–Kier alpha value is -0.240. The summed E-state index contributed by atoms with van der Waals surface area (Å²) in [5.74, 6) is 1.93.